The summed E-state index contributed by atoms with van der Waals surface area (Å²) < 4.78 is 0. The maximum Gasteiger partial charge on any atom is 0.313 e. The molecule has 6 heteroatoms. The molecule has 0 radical (unpaired) electrons. The molecule has 0 spiro atoms. The van der Waals surface area contributed by atoms with E-state index < -0.39 is 17.7 Å². The maximum atomic E-state index is 10.5. The van der Waals surface area contributed by atoms with E-state index in [1.807, 2.05) is 0 Å². The fraction of sp³-hybridized carbons (Fsp3) is 0.667. The van der Waals surface area contributed by atoms with Gasteiger partial charge in [0.2, 0.25) is 0 Å². The minimum absolute atomic E-state index is 0.499. The van der Waals surface area contributed by atoms with Gasteiger partial charge >= 0.3 is 12.1 Å². The average Bonchev–Trinajstić information content (AvgIpc) is 1.83. The Hall–Kier alpha value is -1.46. The number of rotatable bonds is 3. The summed E-state index contributed by atoms with van der Waals surface area (Å²) in [6.45, 7) is 3.40. The van der Waals surface area contributed by atoms with Gasteiger partial charge in [-0.15, -0.1) is 0 Å². The van der Waals surface area contributed by atoms with E-state index >= 15 is 0 Å². The number of hydrogen-bond acceptors (Lipinski definition) is 2. The fourth-order valence-electron chi connectivity index (χ4n) is 0.752. The molecule has 12 heavy (non-hydrogen) atoms. The number of carbonyl (C=O) groups is 2. The van der Waals surface area contributed by atoms with Crippen LogP contribution in [0.4, 0.5) is 9.59 Å². The monoisotopic (exact) mass is 174 g/mol. The lowest BCUT2D eigenvalue weighted by molar-refractivity contribution is 0.213. The summed E-state index contributed by atoms with van der Waals surface area (Å²) in [6, 6.07) is -1.40. The number of amides is 4. The topological polar surface area (TPSA) is 110 Å². The highest BCUT2D eigenvalue weighted by atomic mass is 16.2. The summed E-state index contributed by atoms with van der Waals surface area (Å²) in [5.41, 5.74) is 8.91. The molecule has 6 nitrogen and oxygen atoms in total. The van der Waals surface area contributed by atoms with Crippen LogP contribution in [0.2, 0.25) is 0 Å². The first-order valence-electron chi connectivity index (χ1n) is 3.55. The van der Waals surface area contributed by atoms with E-state index in [9.17, 15) is 9.59 Å². The van der Waals surface area contributed by atoms with E-state index in [-0.39, 0.29) is 0 Å². The van der Waals surface area contributed by atoms with Gasteiger partial charge < -0.3 is 22.1 Å². The predicted molar refractivity (Wildman–Crippen MR) is 44.1 cm³/mol. The Bertz CT molecular complexity index is 176. The lowest BCUT2D eigenvalue weighted by atomic mass is 10.1. The lowest BCUT2D eigenvalue weighted by Gasteiger charge is -2.28. The van der Waals surface area contributed by atoms with E-state index in [2.05, 4.69) is 10.6 Å². The number of carbonyl (C=O) groups excluding carboxylic acids is 2. The van der Waals surface area contributed by atoms with E-state index in [1.165, 1.54) is 0 Å². The van der Waals surface area contributed by atoms with Crippen LogP contribution in [0.5, 0.6) is 0 Å². The van der Waals surface area contributed by atoms with E-state index in [4.69, 9.17) is 11.5 Å². The average molecular weight is 174 g/mol. The van der Waals surface area contributed by atoms with Gasteiger partial charge in [0.15, 0.2) is 0 Å². The third-order valence-corrected chi connectivity index (χ3v) is 1.51. The van der Waals surface area contributed by atoms with Crippen molar-refractivity contribution >= 4 is 12.1 Å². The van der Waals surface area contributed by atoms with Crippen molar-refractivity contribution < 1.29 is 9.59 Å². The molecule has 0 aliphatic heterocycles. The molecular formula is C6H14N4O2. The number of hydrogen-bond donors (Lipinski definition) is 4. The van der Waals surface area contributed by atoms with Crippen molar-refractivity contribution in [2.45, 2.75) is 25.9 Å². The Morgan fingerprint density at radius 2 is 1.58 bits per heavy atom. The molecule has 6 N–H and O–H groups in total. The van der Waals surface area contributed by atoms with E-state index in [1.54, 1.807) is 13.8 Å². The Balaban J connectivity index is 4.23. The van der Waals surface area contributed by atoms with Crippen LogP contribution >= 0.6 is 0 Å². The molecule has 0 saturated carbocycles. The largest absolute Gasteiger partial charge is 0.352 e. The van der Waals surface area contributed by atoms with Crippen LogP contribution in [-0.2, 0) is 0 Å². The summed E-state index contributed by atoms with van der Waals surface area (Å²) in [5.74, 6) is 0. The predicted octanol–water partition coefficient (Wildman–Crippen LogP) is -0.551. The second-order valence-electron chi connectivity index (χ2n) is 2.66. The van der Waals surface area contributed by atoms with Crippen LogP contribution in [0, 0.1) is 0 Å². The Kier molecular flexibility index (Phi) is 3.33. The summed E-state index contributed by atoms with van der Waals surface area (Å²) >= 11 is 0. The smallest absolute Gasteiger partial charge is 0.313 e. The molecule has 0 aliphatic carbocycles. The van der Waals surface area contributed by atoms with Crippen molar-refractivity contribution in [2.75, 3.05) is 0 Å². The van der Waals surface area contributed by atoms with Crippen LogP contribution < -0.4 is 22.1 Å². The molecule has 70 valence electrons. The normalized spacial score (nSPS) is 10.5. The standard InChI is InChI=1S/C6H14N4O2/c1-3-6(2,9-4(7)11)10-5(8)12/h3H2,1-2H3,(H3,7,9,11)(H3,8,10,12). The Morgan fingerprint density at radius 3 is 1.75 bits per heavy atom. The SMILES string of the molecule is CCC(C)(NC(N)=O)NC(N)=O. The fourth-order valence-corrected chi connectivity index (χ4v) is 0.752. The number of nitrogens with two attached hydrogens (primary N) is 2. The van der Waals surface area contributed by atoms with Crippen LogP contribution in [0.15, 0.2) is 0 Å². The van der Waals surface area contributed by atoms with Crippen LogP contribution in [0.1, 0.15) is 20.3 Å². The third kappa shape index (κ3) is 3.65. The second-order valence-corrected chi connectivity index (χ2v) is 2.66. The number of primary amides is 2. The highest BCUT2D eigenvalue weighted by molar-refractivity contribution is 5.76. The van der Waals surface area contributed by atoms with Gasteiger partial charge in [-0.25, -0.2) is 9.59 Å². The van der Waals surface area contributed by atoms with Crippen molar-refractivity contribution in [1.29, 1.82) is 0 Å². The zero-order valence-corrected chi connectivity index (χ0v) is 7.18. The van der Waals surface area contributed by atoms with E-state index in [0.717, 1.165) is 0 Å². The number of nitrogens with one attached hydrogen (secondary N) is 2. The summed E-state index contributed by atoms with van der Waals surface area (Å²) in [6.07, 6.45) is 0.499. The molecule has 0 aliphatic rings. The van der Waals surface area contributed by atoms with Crippen molar-refractivity contribution in [3.63, 3.8) is 0 Å². The van der Waals surface area contributed by atoms with Crippen LogP contribution in [0.3, 0.4) is 0 Å². The van der Waals surface area contributed by atoms with Crippen molar-refractivity contribution in [1.82, 2.24) is 10.6 Å². The third-order valence-electron chi connectivity index (χ3n) is 1.51. The molecule has 0 aromatic heterocycles. The van der Waals surface area contributed by atoms with Gasteiger partial charge in [-0.1, -0.05) is 6.92 Å². The van der Waals surface area contributed by atoms with Gasteiger partial charge in [0.1, 0.15) is 5.66 Å². The first-order valence-corrected chi connectivity index (χ1v) is 3.55. The van der Waals surface area contributed by atoms with Gasteiger partial charge in [-0.3, -0.25) is 0 Å². The molecule has 0 heterocycles. The quantitative estimate of drug-likeness (QED) is 0.430. The van der Waals surface area contributed by atoms with Crippen molar-refractivity contribution in [3.05, 3.63) is 0 Å². The lowest BCUT2D eigenvalue weighted by Crippen LogP contribution is -2.60. The highest BCUT2D eigenvalue weighted by Crippen LogP contribution is 2.02. The minimum atomic E-state index is -0.863. The van der Waals surface area contributed by atoms with E-state index in [0.29, 0.717) is 6.42 Å². The second kappa shape index (κ2) is 3.80. The van der Waals surface area contributed by atoms with Gasteiger partial charge in [0.05, 0.1) is 0 Å². The summed E-state index contributed by atoms with van der Waals surface area (Å²) in [4.78, 5) is 20.9. The number of urea groups is 2. The zero-order valence-electron chi connectivity index (χ0n) is 7.18. The van der Waals surface area contributed by atoms with Crippen LogP contribution in [0.25, 0.3) is 0 Å². The molecule has 0 bridgehead atoms. The molecule has 0 saturated heterocycles. The first-order chi connectivity index (χ1) is 5.39. The molecule has 0 aromatic carbocycles. The molecule has 4 amide bonds. The Morgan fingerprint density at radius 1 is 1.25 bits per heavy atom. The highest BCUT2D eigenvalue weighted by Gasteiger charge is 2.23. The van der Waals surface area contributed by atoms with Crippen molar-refractivity contribution in [2.24, 2.45) is 11.5 Å². The zero-order chi connectivity index (χ0) is 9.78. The molecule has 0 atom stereocenters. The molecular weight excluding hydrogens is 160 g/mol. The molecule has 0 aromatic rings. The maximum absolute atomic E-state index is 10.5. The summed E-state index contributed by atoms with van der Waals surface area (Å²) in [5, 5.41) is 4.73. The molecule has 0 fully saturated rings. The van der Waals surface area contributed by atoms with Crippen molar-refractivity contribution in [3.8, 4) is 0 Å². The van der Waals surface area contributed by atoms with Gasteiger partial charge in [0, 0.05) is 0 Å². The Labute approximate surface area is 70.7 Å². The summed E-state index contributed by atoms with van der Waals surface area (Å²) in [7, 11) is 0. The molecule has 0 rings (SSSR count). The van der Waals surface area contributed by atoms with Gasteiger partial charge in [-0.2, -0.15) is 0 Å². The minimum Gasteiger partial charge on any atom is -0.352 e. The van der Waals surface area contributed by atoms with Crippen LogP contribution in [-0.4, -0.2) is 17.7 Å². The van der Waals surface area contributed by atoms with Gasteiger partial charge in [0.25, 0.3) is 0 Å². The van der Waals surface area contributed by atoms with Gasteiger partial charge in [-0.05, 0) is 13.3 Å². The molecule has 0 unspecified atom stereocenters. The first kappa shape index (κ1) is 10.5.